The number of carbonyl (C=O) groups is 2. The molecule has 45 heavy (non-hydrogen) atoms. The molecule has 0 heterocycles. The van der Waals surface area contributed by atoms with E-state index in [9.17, 15) is 9.59 Å². The predicted octanol–water partition coefficient (Wildman–Crippen LogP) is 11.7. The van der Waals surface area contributed by atoms with Crippen LogP contribution in [-0.4, -0.2) is 11.6 Å². The first-order valence-corrected chi connectivity index (χ1v) is 16.8. The Morgan fingerprint density at radius 1 is 0.489 bits per heavy atom. The van der Waals surface area contributed by atoms with Gasteiger partial charge in [-0.25, -0.2) is 0 Å². The van der Waals surface area contributed by atoms with Gasteiger partial charge in [0.15, 0.2) is 11.6 Å². The van der Waals surface area contributed by atoms with Crippen molar-refractivity contribution < 1.29 is 9.59 Å². The Hall–Kier alpha value is -3.43. The molecule has 0 bridgehead atoms. The van der Waals surface area contributed by atoms with E-state index in [1.807, 2.05) is 72.8 Å². The molecule has 0 aromatic heterocycles. The van der Waals surface area contributed by atoms with Crippen molar-refractivity contribution in [3.8, 4) is 0 Å². The van der Waals surface area contributed by atoms with Gasteiger partial charge in [0, 0.05) is 32.0 Å². The van der Waals surface area contributed by atoms with Crippen LogP contribution in [0.25, 0.3) is 0 Å². The molecule has 3 heteroatoms. The first-order chi connectivity index (χ1) is 20.9. The van der Waals surface area contributed by atoms with E-state index in [0.717, 1.165) is 22.6 Å². The lowest BCUT2D eigenvalue weighted by molar-refractivity contribution is 0.102. The molecule has 4 aromatic carbocycles. The topological polar surface area (TPSA) is 34.1 Å². The number of benzene rings is 4. The van der Waals surface area contributed by atoms with E-state index in [0.29, 0.717) is 22.3 Å². The molecule has 0 unspecified atom stereocenters. The minimum Gasteiger partial charge on any atom is -0.289 e. The highest BCUT2D eigenvalue weighted by atomic mass is 32.2. The van der Waals surface area contributed by atoms with Crippen LogP contribution in [0.1, 0.15) is 125 Å². The largest absolute Gasteiger partial charge is 0.289 e. The second-order valence-corrected chi connectivity index (χ2v) is 17.2. The molecule has 0 aliphatic rings. The Balaban J connectivity index is 1.92. The van der Waals surface area contributed by atoms with Crippen molar-refractivity contribution >= 4 is 23.3 Å². The van der Waals surface area contributed by atoms with E-state index >= 15 is 0 Å². The first kappa shape index (κ1) is 34.4. The van der Waals surface area contributed by atoms with Crippen LogP contribution in [0.3, 0.4) is 0 Å². The van der Waals surface area contributed by atoms with Crippen molar-refractivity contribution in [3.63, 3.8) is 0 Å². The molecule has 2 nitrogen and oxygen atoms in total. The van der Waals surface area contributed by atoms with Crippen LogP contribution >= 0.6 is 11.8 Å². The van der Waals surface area contributed by atoms with Crippen LogP contribution in [0.15, 0.2) is 107 Å². The van der Waals surface area contributed by atoms with Gasteiger partial charge in [-0.15, -0.1) is 0 Å². The van der Waals surface area contributed by atoms with Crippen LogP contribution in [0.4, 0.5) is 0 Å². The quantitative estimate of drug-likeness (QED) is 0.166. The summed E-state index contributed by atoms with van der Waals surface area (Å²) in [6.07, 6.45) is 1.98. The summed E-state index contributed by atoms with van der Waals surface area (Å²) >= 11 is 1.54. The van der Waals surface area contributed by atoms with Gasteiger partial charge in [-0.1, -0.05) is 154 Å². The standard InChI is InChI=1S/C42H50O2S/c1-39(2,3)27-41(7,8)31-21-23-33(37(43)29-17-13-11-14-18-29)35(25-31)45-36-26-32(42(9,10)28-40(4,5)6)22-24-34(36)38(44)30-19-15-12-16-20-30/h11-26H,27-28H2,1-10H3. The summed E-state index contributed by atoms with van der Waals surface area (Å²) in [6, 6.07) is 31.5. The Morgan fingerprint density at radius 3 is 1.13 bits per heavy atom. The summed E-state index contributed by atoms with van der Waals surface area (Å²) in [7, 11) is 0. The van der Waals surface area contributed by atoms with Gasteiger partial charge < -0.3 is 0 Å². The highest BCUT2D eigenvalue weighted by Gasteiger charge is 2.31. The molecular weight excluding hydrogens is 569 g/mol. The third-order valence-corrected chi connectivity index (χ3v) is 9.37. The van der Waals surface area contributed by atoms with Crippen LogP contribution in [0, 0.1) is 10.8 Å². The minimum absolute atomic E-state index is 0.0153. The van der Waals surface area contributed by atoms with Gasteiger partial charge in [-0.2, -0.15) is 0 Å². The van der Waals surface area contributed by atoms with Crippen molar-refractivity contribution in [2.75, 3.05) is 0 Å². The van der Waals surface area contributed by atoms with Crippen molar-refractivity contribution in [1.82, 2.24) is 0 Å². The molecule has 0 saturated heterocycles. The SMILES string of the molecule is CC(C)(C)CC(C)(C)c1ccc(C(=O)c2ccccc2)c(Sc2cc(C(C)(C)CC(C)(C)C)ccc2C(=O)c2ccccc2)c1. The fourth-order valence-corrected chi connectivity index (χ4v) is 8.05. The fraction of sp³-hybridized carbons (Fsp3) is 0.381. The molecule has 0 radical (unpaired) electrons. The Morgan fingerprint density at radius 2 is 0.822 bits per heavy atom. The predicted molar refractivity (Wildman–Crippen MR) is 191 cm³/mol. The van der Waals surface area contributed by atoms with E-state index < -0.39 is 0 Å². The lowest BCUT2D eigenvalue weighted by Crippen LogP contribution is -2.25. The highest BCUT2D eigenvalue weighted by Crippen LogP contribution is 2.43. The molecule has 4 aromatic rings. The highest BCUT2D eigenvalue weighted by molar-refractivity contribution is 7.99. The maximum Gasteiger partial charge on any atom is 0.194 e. The number of hydrogen-bond acceptors (Lipinski definition) is 3. The van der Waals surface area contributed by atoms with Crippen LogP contribution in [0.5, 0.6) is 0 Å². The van der Waals surface area contributed by atoms with E-state index in [4.69, 9.17) is 0 Å². The van der Waals surface area contributed by atoms with Crippen molar-refractivity contribution in [1.29, 1.82) is 0 Å². The Kier molecular flexibility index (Phi) is 10.0. The van der Waals surface area contributed by atoms with Crippen molar-refractivity contribution in [3.05, 3.63) is 130 Å². The summed E-state index contributed by atoms with van der Waals surface area (Å²) in [5.41, 5.74) is 5.04. The van der Waals surface area contributed by atoms with Crippen LogP contribution < -0.4 is 0 Å². The second-order valence-electron chi connectivity index (χ2n) is 16.2. The van der Waals surface area contributed by atoms with Gasteiger partial charge in [0.25, 0.3) is 0 Å². The summed E-state index contributed by atoms with van der Waals surface area (Å²) in [5, 5.41) is 0. The molecule has 0 amide bonds. The maximum absolute atomic E-state index is 14.0. The third kappa shape index (κ3) is 8.85. The van der Waals surface area contributed by atoms with Crippen molar-refractivity contribution in [2.24, 2.45) is 10.8 Å². The van der Waals surface area contributed by atoms with E-state index in [1.165, 1.54) is 11.1 Å². The van der Waals surface area contributed by atoms with Gasteiger partial charge >= 0.3 is 0 Å². The average molecular weight is 619 g/mol. The molecule has 0 fully saturated rings. The third-order valence-electron chi connectivity index (χ3n) is 8.25. The van der Waals surface area contributed by atoms with Gasteiger partial charge in [0.1, 0.15) is 0 Å². The molecule has 0 aliphatic heterocycles. The summed E-state index contributed by atoms with van der Waals surface area (Å²) in [5.74, 6) is -0.0307. The summed E-state index contributed by atoms with van der Waals surface area (Å²) in [6.45, 7) is 22.7. The maximum atomic E-state index is 14.0. The molecule has 4 rings (SSSR count). The average Bonchev–Trinajstić information content (AvgIpc) is 2.95. The Bertz CT molecular complexity index is 1520. The molecule has 0 spiro atoms. The number of hydrogen-bond donors (Lipinski definition) is 0. The molecule has 0 saturated carbocycles. The smallest absolute Gasteiger partial charge is 0.194 e. The van der Waals surface area contributed by atoms with E-state index in [-0.39, 0.29) is 33.2 Å². The van der Waals surface area contributed by atoms with Crippen LogP contribution in [-0.2, 0) is 10.8 Å². The molecule has 0 N–H and O–H groups in total. The second kappa shape index (κ2) is 13.1. The van der Waals surface area contributed by atoms with Gasteiger partial charge in [0.2, 0.25) is 0 Å². The summed E-state index contributed by atoms with van der Waals surface area (Å²) < 4.78 is 0. The normalized spacial score (nSPS) is 12.7. The lowest BCUT2D eigenvalue weighted by atomic mass is 9.72. The number of rotatable bonds is 10. The molecule has 0 atom stereocenters. The zero-order chi connectivity index (χ0) is 33.2. The van der Waals surface area contributed by atoms with Crippen LogP contribution in [0.2, 0.25) is 0 Å². The van der Waals surface area contributed by atoms with Crippen molar-refractivity contribution in [2.45, 2.75) is 103 Å². The number of ketones is 2. The van der Waals surface area contributed by atoms with Gasteiger partial charge in [-0.3, -0.25) is 9.59 Å². The minimum atomic E-state index is -0.110. The zero-order valence-electron chi connectivity index (χ0n) is 28.9. The zero-order valence-corrected chi connectivity index (χ0v) is 29.7. The summed E-state index contributed by atoms with van der Waals surface area (Å²) in [4.78, 5) is 29.7. The monoisotopic (exact) mass is 618 g/mol. The van der Waals surface area contributed by atoms with Gasteiger partial charge in [0.05, 0.1) is 0 Å². The van der Waals surface area contributed by atoms with E-state index in [2.05, 4.69) is 93.5 Å². The number of carbonyl (C=O) groups excluding carboxylic acids is 2. The molecule has 236 valence electrons. The Labute approximate surface area is 276 Å². The van der Waals surface area contributed by atoms with Gasteiger partial charge in [-0.05, 0) is 69.9 Å². The fourth-order valence-electron chi connectivity index (χ4n) is 6.89. The first-order valence-electron chi connectivity index (χ1n) is 16.0. The molecular formula is C42H50O2S. The van der Waals surface area contributed by atoms with E-state index in [1.54, 1.807) is 11.8 Å². The lowest BCUT2D eigenvalue weighted by Gasteiger charge is -2.34. The molecule has 0 aliphatic carbocycles.